The largest absolute Gasteiger partial charge is 0.388 e. The molecule has 0 spiro atoms. The Labute approximate surface area is 117 Å². The van der Waals surface area contributed by atoms with E-state index in [-0.39, 0.29) is 12.1 Å². The van der Waals surface area contributed by atoms with E-state index in [2.05, 4.69) is 5.32 Å². The van der Waals surface area contributed by atoms with Gasteiger partial charge in [0.15, 0.2) is 0 Å². The van der Waals surface area contributed by atoms with E-state index in [0.717, 1.165) is 13.0 Å². The molecule has 0 fully saturated rings. The summed E-state index contributed by atoms with van der Waals surface area (Å²) in [4.78, 5) is 8.48. The van der Waals surface area contributed by atoms with Crippen molar-refractivity contribution in [1.82, 2.24) is 5.32 Å². The van der Waals surface area contributed by atoms with Gasteiger partial charge in [-0.05, 0) is 17.7 Å². The molecule has 1 amide bonds. The molecule has 10 heteroatoms. The number of benzene rings is 1. The zero-order valence-electron chi connectivity index (χ0n) is 10.8. The predicted molar refractivity (Wildman–Crippen MR) is 67.5 cm³/mol. The first-order valence-corrected chi connectivity index (χ1v) is 7.60. The summed E-state index contributed by atoms with van der Waals surface area (Å²) in [6.45, 7) is 0.699. The fourth-order valence-corrected chi connectivity index (χ4v) is 2.22. The third-order valence-corrected chi connectivity index (χ3v) is 3.71. The second kappa shape index (κ2) is 4.82. The lowest BCUT2D eigenvalue weighted by Gasteiger charge is -2.40. The maximum absolute atomic E-state index is 12.6. The highest BCUT2D eigenvalue weighted by Gasteiger charge is 2.65. The van der Waals surface area contributed by atoms with Crippen LogP contribution in [0.25, 0.3) is 0 Å². The normalized spacial score (nSPS) is 18.3. The molecule has 0 saturated heterocycles. The van der Waals surface area contributed by atoms with Crippen molar-refractivity contribution >= 4 is 16.1 Å². The van der Waals surface area contributed by atoms with Crippen LogP contribution in [0, 0.1) is 0 Å². The minimum absolute atomic E-state index is 0.0865. The van der Waals surface area contributed by atoms with Gasteiger partial charge in [0.2, 0.25) is 5.91 Å². The van der Waals surface area contributed by atoms with Crippen molar-refractivity contribution in [1.29, 1.82) is 0 Å². The summed E-state index contributed by atoms with van der Waals surface area (Å²) in [6, 6.07) is 1.95. The molecule has 0 aromatic heterocycles. The fraction of sp³-hybridized carbons (Fsp3) is 0.364. The lowest BCUT2D eigenvalue weighted by atomic mass is 10.0. The Hall–Kier alpha value is -1.39. The van der Waals surface area contributed by atoms with E-state index in [1.165, 1.54) is 0 Å². The molecule has 2 atom stereocenters. The topological polar surface area (TPSA) is 69.6 Å². The van der Waals surface area contributed by atoms with Gasteiger partial charge in [0.25, 0.3) is 0 Å². The Morgan fingerprint density at radius 1 is 1.24 bits per heavy atom. The molecule has 0 saturated carbocycles. The number of carbonyl (C=O) groups is 1. The zero-order valence-corrected chi connectivity index (χ0v) is 11.6. The van der Waals surface area contributed by atoms with Crippen molar-refractivity contribution in [3.05, 3.63) is 29.8 Å². The maximum Gasteiger partial charge on any atom is 0.310 e. The molecule has 0 aliphatic rings. The summed E-state index contributed by atoms with van der Waals surface area (Å²) in [5, 5.41) is 21.3. The van der Waals surface area contributed by atoms with E-state index in [0.29, 0.717) is 6.07 Å². The molecule has 1 aromatic rings. The summed E-state index contributed by atoms with van der Waals surface area (Å²) >= 11 is 0. The molecular weight excluding hydrogens is 321 g/mol. The number of carbonyl (C=O) groups excluding carboxylic acids is 1. The average Bonchev–Trinajstić information content (AvgIpc) is 2.32. The number of aliphatic hydroxyl groups is 2. The van der Waals surface area contributed by atoms with Gasteiger partial charge in [-0.1, -0.05) is 31.6 Å². The lowest BCUT2D eigenvalue weighted by Crippen LogP contribution is -2.34. The van der Waals surface area contributed by atoms with Crippen molar-refractivity contribution in [2.45, 2.75) is 24.0 Å². The number of rotatable bonds is 5. The van der Waals surface area contributed by atoms with Crippen LogP contribution in [0.4, 0.5) is 19.4 Å². The zero-order chi connectivity index (χ0) is 16.5. The van der Waals surface area contributed by atoms with Crippen molar-refractivity contribution in [3.8, 4) is 0 Å². The second-order valence-electron chi connectivity index (χ2n) is 4.49. The van der Waals surface area contributed by atoms with Crippen molar-refractivity contribution in [2.75, 3.05) is 6.54 Å². The van der Waals surface area contributed by atoms with Crippen LogP contribution in [0.3, 0.4) is 0 Å². The molecule has 2 unspecified atom stereocenters. The van der Waals surface area contributed by atoms with E-state index >= 15 is 0 Å². The van der Waals surface area contributed by atoms with Crippen LogP contribution >= 0.6 is 10.2 Å². The SMILES string of the molecule is CC(=O)NCC(O)C(O)c1cccc(S(F)(F)(F)(F)F)c1. The van der Waals surface area contributed by atoms with Gasteiger partial charge >= 0.3 is 10.2 Å². The molecule has 1 aromatic carbocycles. The van der Waals surface area contributed by atoms with E-state index in [1.54, 1.807) is 0 Å². The number of hydrogen-bond acceptors (Lipinski definition) is 3. The standard InChI is InChI=1S/C11H14F5NO3S/c1-7(18)17-6-10(19)11(20)8-3-2-4-9(5-8)21(12,13,14,15)16/h2-5,10-11,19-20H,6H2,1H3,(H,17,18). The van der Waals surface area contributed by atoms with Gasteiger partial charge in [-0.2, -0.15) is 0 Å². The highest BCUT2D eigenvalue weighted by Crippen LogP contribution is 3.02. The van der Waals surface area contributed by atoms with Gasteiger partial charge in [0.05, 0.1) is 0 Å². The first-order chi connectivity index (χ1) is 9.20. The van der Waals surface area contributed by atoms with Gasteiger partial charge in [-0.3, -0.25) is 4.79 Å². The average molecular weight is 335 g/mol. The third kappa shape index (κ3) is 5.14. The number of hydrogen-bond donors (Lipinski definition) is 3. The Kier molecular flexibility index (Phi) is 4.05. The molecule has 0 aliphatic carbocycles. The van der Waals surface area contributed by atoms with Crippen molar-refractivity contribution in [3.63, 3.8) is 0 Å². The summed E-state index contributed by atoms with van der Waals surface area (Å²) in [6.07, 6.45) is -3.49. The summed E-state index contributed by atoms with van der Waals surface area (Å²) < 4.78 is 63.2. The number of amides is 1. The second-order valence-corrected chi connectivity index (χ2v) is 6.90. The van der Waals surface area contributed by atoms with E-state index in [1.807, 2.05) is 0 Å². The minimum atomic E-state index is -9.85. The molecular formula is C11H14F5NO3S. The molecule has 0 heterocycles. The van der Waals surface area contributed by atoms with Crippen LogP contribution in [0.2, 0.25) is 0 Å². The number of aliphatic hydroxyl groups excluding tert-OH is 2. The van der Waals surface area contributed by atoms with Gasteiger partial charge in [0.1, 0.15) is 17.1 Å². The number of nitrogens with one attached hydrogen (secondary N) is 1. The first kappa shape index (κ1) is 17.7. The van der Waals surface area contributed by atoms with Crippen LogP contribution in [0.5, 0.6) is 0 Å². The van der Waals surface area contributed by atoms with Crippen LogP contribution < -0.4 is 5.32 Å². The Bertz CT molecular complexity index is 548. The molecule has 3 N–H and O–H groups in total. The van der Waals surface area contributed by atoms with E-state index < -0.39 is 45.3 Å². The van der Waals surface area contributed by atoms with E-state index in [9.17, 15) is 34.4 Å². The first-order valence-electron chi connectivity index (χ1n) is 5.65. The Morgan fingerprint density at radius 3 is 2.29 bits per heavy atom. The third-order valence-electron chi connectivity index (χ3n) is 2.57. The molecule has 0 bridgehead atoms. The monoisotopic (exact) mass is 335 g/mol. The predicted octanol–water partition coefficient (Wildman–Crippen LogP) is 2.87. The molecule has 4 nitrogen and oxygen atoms in total. The van der Waals surface area contributed by atoms with Crippen LogP contribution in [-0.4, -0.2) is 28.8 Å². The van der Waals surface area contributed by atoms with Gasteiger partial charge in [-0.25, -0.2) is 0 Å². The fourth-order valence-electron chi connectivity index (χ4n) is 1.52. The summed E-state index contributed by atoms with van der Waals surface area (Å²) in [7, 11) is -9.85. The highest BCUT2D eigenvalue weighted by molar-refractivity contribution is 8.45. The van der Waals surface area contributed by atoms with Gasteiger partial charge < -0.3 is 15.5 Å². The highest BCUT2D eigenvalue weighted by atomic mass is 32.5. The van der Waals surface area contributed by atoms with Crippen molar-refractivity contribution in [2.24, 2.45) is 0 Å². The minimum Gasteiger partial charge on any atom is -0.388 e. The van der Waals surface area contributed by atoms with Crippen LogP contribution in [0.15, 0.2) is 29.2 Å². The van der Waals surface area contributed by atoms with E-state index in [4.69, 9.17) is 0 Å². The molecule has 0 radical (unpaired) electrons. The van der Waals surface area contributed by atoms with Gasteiger partial charge in [-0.15, -0.1) is 0 Å². The Morgan fingerprint density at radius 2 is 1.81 bits per heavy atom. The number of halogens is 5. The molecule has 0 aliphatic heterocycles. The molecule has 122 valence electrons. The smallest absolute Gasteiger partial charge is 0.310 e. The van der Waals surface area contributed by atoms with Gasteiger partial charge in [0, 0.05) is 13.5 Å². The molecule has 21 heavy (non-hydrogen) atoms. The molecule has 1 rings (SSSR count). The van der Waals surface area contributed by atoms with Crippen LogP contribution in [-0.2, 0) is 4.79 Å². The maximum atomic E-state index is 12.6. The summed E-state index contributed by atoms with van der Waals surface area (Å²) in [5.41, 5.74) is -0.529. The quantitative estimate of drug-likeness (QED) is 0.725. The Balaban J connectivity index is 3.04. The lowest BCUT2D eigenvalue weighted by molar-refractivity contribution is -0.119. The van der Waals surface area contributed by atoms with Crippen molar-refractivity contribution < 1.29 is 34.4 Å². The summed E-state index contributed by atoms with van der Waals surface area (Å²) in [5.74, 6) is -0.526. The van der Waals surface area contributed by atoms with Crippen LogP contribution in [0.1, 0.15) is 18.6 Å².